The highest BCUT2D eigenvalue weighted by Crippen LogP contribution is 2.23. The summed E-state index contributed by atoms with van der Waals surface area (Å²) in [6.07, 6.45) is 0. The minimum atomic E-state index is -0.614. The maximum absolute atomic E-state index is 13.7. The van der Waals surface area contributed by atoms with Gasteiger partial charge in [-0.1, -0.05) is 17.7 Å². The Morgan fingerprint density at radius 1 is 1.29 bits per heavy atom. The lowest BCUT2D eigenvalue weighted by Crippen LogP contribution is -2.09. The Morgan fingerprint density at radius 3 is 2.71 bits per heavy atom. The molecule has 2 aromatic rings. The number of nitrogens with one attached hydrogen (secondary N) is 1. The van der Waals surface area contributed by atoms with Gasteiger partial charge >= 0.3 is 5.97 Å². The Hall–Kier alpha value is -2.14. The molecule has 0 fully saturated rings. The highest BCUT2D eigenvalue weighted by molar-refractivity contribution is 6.31. The van der Waals surface area contributed by atoms with Crippen LogP contribution in [0.3, 0.4) is 0 Å². The van der Waals surface area contributed by atoms with E-state index in [1.54, 1.807) is 6.07 Å². The molecule has 0 amide bonds. The zero-order valence-electron chi connectivity index (χ0n) is 11.1. The van der Waals surface area contributed by atoms with Gasteiger partial charge in [-0.2, -0.15) is 0 Å². The second-order valence-corrected chi connectivity index (χ2v) is 4.64. The first-order valence-electron chi connectivity index (χ1n) is 6.07. The number of benzene rings is 2. The van der Waals surface area contributed by atoms with Crippen molar-refractivity contribution in [2.45, 2.75) is 6.54 Å². The molecule has 3 nitrogen and oxygen atoms in total. The van der Waals surface area contributed by atoms with Gasteiger partial charge in [0.15, 0.2) is 0 Å². The molecule has 21 heavy (non-hydrogen) atoms. The molecule has 0 bridgehead atoms. The van der Waals surface area contributed by atoms with Crippen molar-refractivity contribution in [3.63, 3.8) is 0 Å². The molecule has 0 saturated carbocycles. The van der Waals surface area contributed by atoms with Crippen LogP contribution in [0.15, 0.2) is 36.4 Å². The lowest BCUT2D eigenvalue weighted by Gasteiger charge is -2.12. The molecule has 2 aromatic carbocycles. The Labute approximate surface area is 125 Å². The summed E-state index contributed by atoms with van der Waals surface area (Å²) in [6.45, 7) is 0.0129. The zero-order valence-corrected chi connectivity index (χ0v) is 11.9. The van der Waals surface area contributed by atoms with E-state index >= 15 is 0 Å². The van der Waals surface area contributed by atoms with Crippen LogP contribution < -0.4 is 5.32 Å². The molecular formula is C15H12ClF2NO2. The number of methoxy groups -OCH3 is 1. The summed E-state index contributed by atoms with van der Waals surface area (Å²) in [5.41, 5.74) is 0.603. The molecule has 0 aliphatic carbocycles. The fourth-order valence-corrected chi connectivity index (χ4v) is 2.07. The molecule has 0 atom stereocenters. The molecule has 0 spiro atoms. The third kappa shape index (κ3) is 3.49. The van der Waals surface area contributed by atoms with Crippen LogP contribution in [-0.4, -0.2) is 13.1 Å². The largest absolute Gasteiger partial charge is 0.465 e. The van der Waals surface area contributed by atoms with Crippen LogP contribution in [-0.2, 0) is 11.3 Å². The highest BCUT2D eigenvalue weighted by Gasteiger charge is 2.14. The summed E-state index contributed by atoms with van der Waals surface area (Å²) in [7, 11) is 1.23. The minimum absolute atomic E-state index is 0.0129. The Kier molecular flexibility index (Phi) is 4.75. The van der Waals surface area contributed by atoms with Crippen LogP contribution in [0.25, 0.3) is 0 Å². The van der Waals surface area contributed by atoms with Crippen molar-refractivity contribution in [2.75, 3.05) is 12.4 Å². The molecule has 0 aliphatic heterocycles. The first kappa shape index (κ1) is 15.3. The van der Waals surface area contributed by atoms with Crippen LogP contribution >= 0.6 is 11.6 Å². The molecule has 0 saturated heterocycles. The third-order valence-electron chi connectivity index (χ3n) is 2.90. The molecule has 1 N–H and O–H groups in total. The van der Waals surface area contributed by atoms with Crippen molar-refractivity contribution >= 4 is 23.3 Å². The van der Waals surface area contributed by atoms with Crippen LogP contribution in [0.1, 0.15) is 15.9 Å². The van der Waals surface area contributed by atoms with E-state index < -0.39 is 17.6 Å². The Balaban J connectivity index is 2.27. The van der Waals surface area contributed by atoms with Crippen molar-refractivity contribution in [1.82, 2.24) is 0 Å². The maximum Gasteiger partial charge on any atom is 0.339 e. The SMILES string of the molecule is COC(=O)c1ccc(F)cc1NCc1c(F)cccc1Cl. The predicted molar refractivity (Wildman–Crippen MR) is 76.5 cm³/mol. The summed E-state index contributed by atoms with van der Waals surface area (Å²) >= 11 is 5.91. The lowest BCUT2D eigenvalue weighted by atomic mass is 10.1. The molecular weight excluding hydrogens is 300 g/mol. The van der Waals surface area contributed by atoms with Crippen LogP contribution in [0.4, 0.5) is 14.5 Å². The number of hydrogen-bond acceptors (Lipinski definition) is 3. The number of hydrogen-bond donors (Lipinski definition) is 1. The average Bonchev–Trinajstić information content (AvgIpc) is 2.46. The summed E-state index contributed by atoms with van der Waals surface area (Å²) in [4.78, 5) is 11.6. The lowest BCUT2D eigenvalue weighted by molar-refractivity contribution is 0.0602. The summed E-state index contributed by atoms with van der Waals surface area (Å²) in [5.74, 6) is -1.62. The monoisotopic (exact) mass is 311 g/mol. The summed E-state index contributed by atoms with van der Waals surface area (Å²) in [5, 5.41) is 3.05. The van der Waals surface area contributed by atoms with Gasteiger partial charge in [-0.3, -0.25) is 0 Å². The maximum atomic E-state index is 13.7. The third-order valence-corrected chi connectivity index (χ3v) is 3.26. The normalized spacial score (nSPS) is 10.3. The van der Waals surface area contributed by atoms with Crippen molar-refractivity contribution in [3.8, 4) is 0 Å². The van der Waals surface area contributed by atoms with Gasteiger partial charge in [-0.25, -0.2) is 13.6 Å². The van der Waals surface area contributed by atoms with E-state index in [0.717, 1.165) is 12.1 Å². The van der Waals surface area contributed by atoms with Gasteiger partial charge in [-0.05, 0) is 30.3 Å². The van der Waals surface area contributed by atoms with E-state index in [4.69, 9.17) is 11.6 Å². The van der Waals surface area contributed by atoms with E-state index in [-0.39, 0.29) is 28.4 Å². The first-order valence-corrected chi connectivity index (χ1v) is 6.45. The smallest absolute Gasteiger partial charge is 0.339 e. The Bertz CT molecular complexity index is 656. The van der Waals surface area contributed by atoms with E-state index in [2.05, 4.69) is 10.1 Å². The van der Waals surface area contributed by atoms with E-state index in [0.29, 0.717) is 0 Å². The fraction of sp³-hybridized carbons (Fsp3) is 0.133. The fourth-order valence-electron chi connectivity index (χ4n) is 1.84. The number of carbonyl (C=O) groups excluding carboxylic acids is 1. The predicted octanol–water partition coefficient (Wildman–Crippen LogP) is 4.02. The summed E-state index contributed by atoms with van der Waals surface area (Å²) < 4.78 is 31.6. The number of ether oxygens (including phenoxy) is 1. The van der Waals surface area contributed by atoms with Gasteiger partial charge < -0.3 is 10.1 Å². The second-order valence-electron chi connectivity index (χ2n) is 4.24. The van der Waals surface area contributed by atoms with Gasteiger partial charge in [-0.15, -0.1) is 0 Å². The van der Waals surface area contributed by atoms with Crippen molar-refractivity contribution in [2.24, 2.45) is 0 Å². The second kappa shape index (κ2) is 6.54. The van der Waals surface area contributed by atoms with Gasteiger partial charge in [0, 0.05) is 17.1 Å². The summed E-state index contributed by atoms with van der Waals surface area (Å²) in [6, 6.07) is 7.90. The molecule has 2 rings (SSSR count). The van der Waals surface area contributed by atoms with Gasteiger partial charge in [0.25, 0.3) is 0 Å². The van der Waals surface area contributed by atoms with Crippen molar-refractivity contribution in [3.05, 3.63) is 64.2 Å². The van der Waals surface area contributed by atoms with E-state index in [1.165, 1.54) is 25.3 Å². The van der Waals surface area contributed by atoms with Gasteiger partial charge in [0.05, 0.1) is 18.4 Å². The first-order chi connectivity index (χ1) is 10.0. The van der Waals surface area contributed by atoms with Gasteiger partial charge in [0.1, 0.15) is 11.6 Å². The molecule has 0 heterocycles. The van der Waals surface area contributed by atoms with Crippen LogP contribution in [0.2, 0.25) is 5.02 Å². The molecule has 0 unspecified atom stereocenters. The Morgan fingerprint density at radius 2 is 2.05 bits per heavy atom. The number of anilines is 1. The molecule has 0 aliphatic rings. The number of esters is 1. The zero-order chi connectivity index (χ0) is 15.4. The van der Waals surface area contributed by atoms with Crippen LogP contribution in [0.5, 0.6) is 0 Å². The van der Waals surface area contributed by atoms with Crippen molar-refractivity contribution in [1.29, 1.82) is 0 Å². The van der Waals surface area contributed by atoms with Gasteiger partial charge in [0.2, 0.25) is 0 Å². The highest BCUT2D eigenvalue weighted by atomic mass is 35.5. The molecule has 110 valence electrons. The average molecular weight is 312 g/mol. The number of carbonyl (C=O) groups is 1. The standard InChI is InChI=1S/C15H12ClF2NO2/c1-21-15(20)10-6-5-9(17)7-14(10)19-8-11-12(16)3-2-4-13(11)18/h2-7,19H,8H2,1H3. The van der Waals surface area contributed by atoms with E-state index in [9.17, 15) is 13.6 Å². The van der Waals surface area contributed by atoms with Crippen molar-refractivity contribution < 1.29 is 18.3 Å². The minimum Gasteiger partial charge on any atom is -0.465 e. The topological polar surface area (TPSA) is 38.3 Å². The van der Waals surface area contributed by atoms with E-state index in [1.807, 2.05) is 0 Å². The molecule has 0 aromatic heterocycles. The molecule has 6 heteroatoms. The number of halogens is 3. The van der Waals surface area contributed by atoms with Crippen LogP contribution in [0, 0.1) is 11.6 Å². The molecule has 0 radical (unpaired) electrons. The number of rotatable bonds is 4. The quantitative estimate of drug-likeness (QED) is 0.867.